The summed E-state index contributed by atoms with van der Waals surface area (Å²) in [6, 6.07) is 8.53. The minimum Gasteiger partial charge on any atom is -0.508 e. The van der Waals surface area contributed by atoms with Crippen molar-refractivity contribution in [3.8, 4) is 23.0 Å². The highest BCUT2D eigenvalue weighted by Gasteiger charge is 2.07. The highest BCUT2D eigenvalue weighted by molar-refractivity contribution is 5.79. The van der Waals surface area contributed by atoms with E-state index >= 15 is 0 Å². The highest BCUT2D eigenvalue weighted by Crippen LogP contribution is 2.23. The Kier molecular flexibility index (Phi) is 4.88. The fourth-order valence-electron chi connectivity index (χ4n) is 2.29. The lowest BCUT2D eigenvalue weighted by Crippen LogP contribution is -2.02. The lowest BCUT2D eigenvalue weighted by atomic mass is 10.0. The zero-order chi connectivity index (χ0) is 16.1. The number of Topliss-reactive ketones (excluding diaryl/α,β-unsaturated/α-hetero) is 1. The molecule has 0 atom stereocenters. The molecule has 0 radical (unpaired) electrons. The van der Waals surface area contributed by atoms with Crippen molar-refractivity contribution in [1.82, 2.24) is 0 Å². The summed E-state index contributed by atoms with van der Waals surface area (Å²) in [6.07, 6.45) is 1.47. The Labute approximate surface area is 128 Å². The summed E-state index contributed by atoms with van der Waals surface area (Å²) < 4.78 is 0. The van der Waals surface area contributed by atoms with Crippen LogP contribution in [0.2, 0.25) is 0 Å². The molecule has 0 spiro atoms. The number of hydrogen-bond acceptors (Lipinski definition) is 5. The van der Waals surface area contributed by atoms with E-state index in [1.165, 1.54) is 36.4 Å². The van der Waals surface area contributed by atoms with E-state index < -0.39 is 0 Å². The summed E-state index contributed by atoms with van der Waals surface area (Å²) in [4.78, 5) is 11.9. The maximum atomic E-state index is 11.9. The molecule has 2 rings (SSSR count). The number of carbonyl (C=O) groups excluding carboxylic acids is 1. The summed E-state index contributed by atoms with van der Waals surface area (Å²) in [6.45, 7) is 0. The number of rotatable bonds is 6. The molecular weight excluding hydrogens is 284 g/mol. The highest BCUT2D eigenvalue weighted by atomic mass is 16.3. The van der Waals surface area contributed by atoms with Crippen molar-refractivity contribution in [3.05, 3.63) is 47.5 Å². The van der Waals surface area contributed by atoms with Gasteiger partial charge in [-0.1, -0.05) is 0 Å². The molecule has 0 aliphatic rings. The van der Waals surface area contributed by atoms with Crippen LogP contribution in [0.3, 0.4) is 0 Å². The van der Waals surface area contributed by atoms with E-state index in [4.69, 9.17) is 0 Å². The Morgan fingerprint density at radius 3 is 1.27 bits per heavy atom. The zero-order valence-electron chi connectivity index (χ0n) is 12.0. The van der Waals surface area contributed by atoms with Crippen LogP contribution in [0, 0.1) is 0 Å². The van der Waals surface area contributed by atoms with Gasteiger partial charge in [-0.3, -0.25) is 4.79 Å². The number of phenolic OH excluding ortho intramolecular Hbond substituents is 4. The van der Waals surface area contributed by atoms with Crippen molar-refractivity contribution in [1.29, 1.82) is 0 Å². The number of aromatic hydroxyl groups is 4. The van der Waals surface area contributed by atoms with Crippen LogP contribution in [-0.2, 0) is 17.6 Å². The van der Waals surface area contributed by atoms with Crippen LogP contribution in [-0.4, -0.2) is 26.2 Å². The molecule has 5 nitrogen and oxygen atoms in total. The normalized spacial score (nSPS) is 10.5. The first kappa shape index (κ1) is 15.7. The molecule has 0 aliphatic carbocycles. The van der Waals surface area contributed by atoms with Gasteiger partial charge in [0.05, 0.1) is 0 Å². The Morgan fingerprint density at radius 1 is 0.636 bits per heavy atom. The van der Waals surface area contributed by atoms with Crippen LogP contribution in [0.5, 0.6) is 23.0 Å². The van der Waals surface area contributed by atoms with Gasteiger partial charge in [0.1, 0.15) is 28.8 Å². The monoisotopic (exact) mass is 302 g/mol. The first-order valence-electron chi connectivity index (χ1n) is 6.98. The molecular formula is C17H18O5. The molecule has 4 N–H and O–H groups in total. The standard InChI is InChI=1S/C17H18O5/c18-13(3-1-11-5-14(19)9-15(20)6-11)4-2-12-7-16(21)10-17(22)8-12/h5-10,19-22H,1-4H2. The van der Waals surface area contributed by atoms with E-state index in [-0.39, 0.29) is 28.8 Å². The third-order valence-electron chi connectivity index (χ3n) is 3.31. The third-order valence-corrected chi connectivity index (χ3v) is 3.31. The van der Waals surface area contributed by atoms with Gasteiger partial charge in [-0.25, -0.2) is 0 Å². The fourth-order valence-corrected chi connectivity index (χ4v) is 2.29. The summed E-state index contributed by atoms with van der Waals surface area (Å²) in [7, 11) is 0. The number of aryl methyl sites for hydroxylation is 2. The fraction of sp³-hybridized carbons (Fsp3) is 0.235. The molecule has 116 valence electrons. The second-order valence-electron chi connectivity index (χ2n) is 5.25. The van der Waals surface area contributed by atoms with E-state index in [1.807, 2.05) is 0 Å². The summed E-state index contributed by atoms with van der Waals surface area (Å²) >= 11 is 0. The Balaban J connectivity index is 1.85. The number of hydrogen-bond donors (Lipinski definition) is 4. The van der Waals surface area contributed by atoms with Gasteiger partial charge >= 0.3 is 0 Å². The Hall–Kier alpha value is -2.69. The predicted molar refractivity (Wildman–Crippen MR) is 81.2 cm³/mol. The van der Waals surface area contributed by atoms with Crippen LogP contribution in [0.25, 0.3) is 0 Å². The number of benzene rings is 2. The number of carbonyl (C=O) groups is 1. The van der Waals surface area contributed by atoms with E-state index in [1.54, 1.807) is 0 Å². The van der Waals surface area contributed by atoms with E-state index in [9.17, 15) is 25.2 Å². The smallest absolute Gasteiger partial charge is 0.133 e. The van der Waals surface area contributed by atoms with Crippen LogP contribution in [0.4, 0.5) is 0 Å². The lowest BCUT2D eigenvalue weighted by molar-refractivity contribution is -0.119. The Bertz CT molecular complexity index is 581. The lowest BCUT2D eigenvalue weighted by Gasteiger charge is -2.05. The molecule has 0 unspecified atom stereocenters. The van der Waals surface area contributed by atoms with Crippen LogP contribution >= 0.6 is 0 Å². The van der Waals surface area contributed by atoms with E-state index in [0.717, 1.165) is 0 Å². The first-order chi connectivity index (χ1) is 10.4. The average molecular weight is 302 g/mol. The molecule has 2 aromatic rings. The predicted octanol–water partition coefficient (Wildman–Crippen LogP) is 2.64. The minimum absolute atomic E-state index is 0.0299. The summed E-state index contributed by atoms with van der Waals surface area (Å²) in [5, 5.41) is 37.5. The quantitative estimate of drug-likeness (QED) is 0.657. The van der Waals surface area contributed by atoms with Gasteiger partial charge in [0, 0.05) is 25.0 Å². The van der Waals surface area contributed by atoms with Crippen LogP contribution < -0.4 is 0 Å². The second-order valence-corrected chi connectivity index (χ2v) is 5.25. The van der Waals surface area contributed by atoms with Gasteiger partial charge in [-0.15, -0.1) is 0 Å². The van der Waals surface area contributed by atoms with Crippen molar-refractivity contribution in [2.75, 3.05) is 0 Å². The van der Waals surface area contributed by atoms with Crippen LogP contribution in [0.15, 0.2) is 36.4 Å². The molecule has 5 heteroatoms. The molecule has 0 saturated heterocycles. The van der Waals surface area contributed by atoms with Crippen molar-refractivity contribution >= 4 is 5.78 Å². The summed E-state index contributed by atoms with van der Waals surface area (Å²) in [5.74, 6) is -0.0867. The maximum absolute atomic E-state index is 11.9. The molecule has 0 aliphatic heterocycles. The van der Waals surface area contributed by atoms with Gasteiger partial charge in [-0.2, -0.15) is 0 Å². The molecule has 0 heterocycles. The van der Waals surface area contributed by atoms with E-state index in [2.05, 4.69) is 0 Å². The molecule has 0 saturated carbocycles. The molecule has 22 heavy (non-hydrogen) atoms. The molecule has 0 aromatic heterocycles. The van der Waals surface area contributed by atoms with Crippen molar-refractivity contribution in [2.24, 2.45) is 0 Å². The average Bonchev–Trinajstić information content (AvgIpc) is 2.41. The van der Waals surface area contributed by atoms with Gasteiger partial charge in [-0.05, 0) is 48.2 Å². The van der Waals surface area contributed by atoms with E-state index in [0.29, 0.717) is 36.8 Å². The number of ketones is 1. The molecule has 0 fully saturated rings. The number of phenols is 4. The van der Waals surface area contributed by atoms with Gasteiger partial charge < -0.3 is 20.4 Å². The topological polar surface area (TPSA) is 98.0 Å². The van der Waals surface area contributed by atoms with Gasteiger partial charge in [0.2, 0.25) is 0 Å². The summed E-state index contributed by atoms with van der Waals surface area (Å²) in [5.41, 5.74) is 1.39. The molecule has 2 aromatic carbocycles. The first-order valence-corrected chi connectivity index (χ1v) is 6.98. The Morgan fingerprint density at radius 2 is 0.955 bits per heavy atom. The molecule has 0 amide bonds. The third kappa shape index (κ3) is 4.70. The largest absolute Gasteiger partial charge is 0.508 e. The van der Waals surface area contributed by atoms with Crippen LogP contribution in [0.1, 0.15) is 24.0 Å². The van der Waals surface area contributed by atoms with Crippen molar-refractivity contribution in [2.45, 2.75) is 25.7 Å². The second kappa shape index (κ2) is 6.85. The van der Waals surface area contributed by atoms with Gasteiger partial charge in [0.15, 0.2) is 0 Å². The zero-order valence-corrected chi connectivity index (χ0v) is 12.0. The van der Waals surface area contributed by atoms with Crippen molar-refractivity contribution in [3.63, 3.8) is 0 Å². The maximum Gasteiger partial charge on any atom is 0.133 e. The minimum atomic E-state index is -0.0299. The SMILES string of the molecule is O=C(CCc1cc(O)cc(O)c1)CCc1cc(O)cc(O)c1. The van der Waals surface area contributed by atoms with Gasteiger partial charge in [0.25, 0.3) is 0 Å². The molecule has 0 bridgehead atoms. The van der Waals surface area contributed by atoms with Crippen molar-refractivity contribution < 1.29 is 25.2 Å².